The van der Waals surface area contributed by atoms with Gasteiger partial charge in [-0.15, -0.1) is 0 Å². The Balaban J connectivity index is 1.69. The lowest BCUT2D eigenvalue weighted by Gasteiger charge is -2.28. The smallest absolute Gasteiger partial charge is 0.207 e. The SMILES string of the molecule is CCCCC=CCC1C2C=CC(C2)C1NS(=O)(=O)c1ccccc1. The monoisotopic (exact) mass is 345 g/mol. The molecule has 0 saturated heterocycles. The van der Waals surface area contributed by atoms with Crippen LogP contribution in [-0.2, 0) is 10.0 Å². The molecule has 1 aromatic carbocycles. The molecule has 0 heterocycles. The zero-order chi connectivity index (χ0) is 17.0. The van der Waals surface area contributed by atoms with Crippen LogP contribution in [-0.4, -0.2) is 14.5 Å². The number of unbranched alkanes of at least 4 members (excludes halogenated alkanes) is 2. The van der Waals surface area contributed by atoms with Gasteiger partial charge in [0.15, 0.2) is 0 Å². The Morgan fingerprint density at radius 3 is 2.62 bits per heavy atom. The Hall–Kier alpha value is -1.39. The maximum Gasteiger partial charge on any atom is 0.240 e. The highest BCUT2D eigenvalue weighted by Gasteiger charge is 2.45. The first-order chi connectivity index (χ1) is 11.6. The van der Waals surface area contributed by atoms with Crippen LogP contribution in [0.2, 0.25) is 0 Å². The zero-order valence-electron chi connectivity index (χ0n) is 14.3. The molecule has 1 N–H and O–H groups in total. The number of hydrogen-bond acceptors (Lipinski definition) is 2. The van der Waals surface area contributed by atoms with Gasteiger partial charge >= 0.3 is 0 Å². The van der Waals surface area contributed by atoms with Crippen molar-refractivity contribution in [2.24, 2.45) is 17.8 Å². The fourth-order valence-corrected chi connectivity index (χ4v) is 5.32. The first-order valence-electron chi connectivity index (χ1n) is 9.02. The molecule has 0 radical (unpaired) electrons. The van der Waals surface area contributed by atoms with Crippen molar-refractivity contribution in [2.45, 2.75) is 50.0 Å². The Labute approximate surface area is 145 Å². The lowest BCUT2D eigenvalue weighted by molar-refractivity contribution is 0.370. The maximum atomic E-state index is 12.7. The molecule has 1 aromatic rings. The topological polar surface area (TPSA) is 46.2 Å². The lowest BCUT2D eigenvalue weighted by Crippen LogP contribution is -2.42. The second kappa shape index (κ2) is 7.66. The largest absolute Gasteiger partial charge is 0.240 e. The van der Waals surface area contributed by atoms with Crippen molar-refractivity contribution < 1.29 is 8.42 Å². The maximum absolute atomic E-state index is 12.7. The first kappa shape index (κ1) is 17.4. The van der Waals surface area contributed by atoms with E-state index in [0.29, 0.717) is 22.6 Å². The van der Waals surface area contributed by atoms with E-state index >= 15 is 0 Å². The van der Waals surface area contributed by atoms with Crippen LogP contribution in [0.25, 0.3) is 0 Å². The fourth-order valence-electron chi connectivity index (χ4n) is 3.96. The number of benzene rings is 1. The van der Waals surface area contributed by atoms with E-state index in [9.17, 15) is 8.42 Å². The van der Waals surface area contributed by atoms with E-state index in [-0.39, 0.29) is 6.04 Å². The number of fused-ring (bicyclic) bond motifs is 2. The number of hydrogen-bond donors (Lipinski definition) is 1. The Kier molecular flexibility index (Phi) is 5.57. The number of sulfonamides is 1. The fraction of sp³-hybridized carbons (Fsp3) is 0.500. The van der Waals surface area contributed by atoms with Crippen molar-refractivity contribution in [3.8, 4) is 0 Å². The molecule has 4 heteroatoms. The molecular formula is C20H27NO2S. The first-order valence-corrected chi connectivity index (χ1v) is 10.5. The molecular weight excluding hydrogens is 318 g/mol. The highest BCUT2D eigenvalue weighted by molar-refractivity contribution is 7.89. The quantitative estimate of drug-likeness (QED) is 0.564. The lowest BCUT2D eigenvalue weighted by atomic mass is 9.86. The van der Waals surface area contributed by atoms with Gasteiger partial charge in [0, 0.05) is 6.04 Å². The number of allylic oxidation sites excluding steroid dienone is 3. The summed E-state index contributed by atoms with van der Waals surface area (Å²) in [5.41, 5.74) is 0. The molecule has 2 aliphatic rings. The van der Waals surface area contributed by atoms with Crippen molar-refractivity contribution in [2.75, 3.05) is 0 Å². The second-order valence-electron chi connectivity index (χ2n) is 6.92. The van der Waals surface area contributed by atoms with Crippen molar-refractivity contribution >= 4 is 10.0 Å². The van der Waals surface area contributed by atoms with E-state index < -0.39 is 10.0 Å². The highest BCUT2D eigenvalue weighted by atomic mass is 32.2. The Morgan fingerprint density at radius 2 is 1.88 bits per heavy atom. The molecule has 4 unspecified atom stereocenters. The molecule has 0 aliphatic heterocycles. The van der Waals surface area contributed by atoms with Gasteiger partial charge in [0.05, 0.1) is 4.90 Å². The summed E-state index contributed by atoms with van der Waals surface area (Å²) in [6, 6.07) is 8.70. The number of nitrogens with one attached hydrogen (secondary N) is 1. The van der Waals surface area contributed by atoms with Crippen LogP contribution in [0.15, 0.2) is 59.5 Å². The Morgan fingerprint density at radius 1 is 1.12 bits per heavy atom. The summed E-state index contributed by atoms with van der Waals surface area (Å²) < 4.78 is 28.3. The minimum Gasteiger partial charge on any atom is -0.207 e. The third kappa shape index (κ3) is 3.81. The molecule has 0 aromatic heterocycles. The van der Waals surface area contributed by atoms with Gasteiger partial charge in [-0.1, -0.05) is 62.3 Å². The predicted octanol–water partition coefficient (Wildman–Crippen LogP) is 4.29. The van der Waals surface area contributed by atoms with E-state index in [4.69, 9.17) is 0 Å². The average Bonchev–Trinajstić information content (AvgIpc) is 3.18. The molecule has 24 heavy (non-hydrogen) atoms. The summed E-state index contributed by atoms with van der Waals surface area (Å²) in [5, 5.41) is 0. The van der Waals surface area contributed by atoms with Crippen LogP contribution in [0.1, 0.15) is 39.0 Å². The summed E-state index contributed by atoms with van der Waals surface area (Å²) in [6.45, 7) is 2.20. The summed E-state index contributed by atoms with van der Waals surface area (Å²) in [7, 11) is -3.45. The number of rotatable bonds is 8. The van der Waals surface area contributed by atoms with E-state index in [0.717, 1.165) is 19.3 Å². The van der Waals surface area contributed by atoms with Gasteiger partial charge in [0.1, 0.15) is 0 Å². The van der Waals surface area contributed by atoms with Crippen LogP contribution in [0.4, 0.5) is 0 Å². The van der Waals surface area contributed by atoms with Crippen LogP contribution in [0.5, 0.6) is 0 Å². The molecule has 1 saturated carbocycles. The van der Waals surface area contributed by atoms with Crippen LogP contribution < -0.4 is 4.72 Å². The van der Waals surface area contributed by atoms with E-state index in [1.165, 1.54) is 12.8 Å². The molecule has 0 spiro atoms. The van der Waals surface area contributed by atoms with Gasteiger partial charge in [-0.05, 0) is 49.1 Å². The van der Waals surface area contributed by atoms with Gasteiger partial charge in [-0.2, -0.15) is 0 Å². The van der Waals surface area contributed by atoms with Crippen molar-refractivity contribution in [1.82, 2.24) is 4.72 Å². The van der Waals surface area contributed by atoms with E-state index in [1.807, 2.05) is 6.07 Å². The zero-order valence-corrected chi connectivity index (χ0v) is 15.1. The normalized spacial score (nSPS) is 28.9. The average molecular weight is 346 g/mol. The van der Waals surface area contributed by atoms with Gasteiger partial charge in [0.25, 0.3) is 0 Å². The summed E-state index contributed by atoms with van der Waals surface area (Å²) >= 11 is 0. The van der Waals surface area contributed by atoms with Crippen LogP contribution in [0.3, 0.4) is 0 Å². The minimum absolute atomic E-state index is 0.0148. The molecule has 3 nitrogen and oxygen atoms in total. The van der Waals surface area contributed by atoms with E-state index in [1.54, 1.807) is 24.3 Å². The van der Waals surface area contributed by atoms with Gasteiger partial charge in [0.2, 0.25) is 10.0 Å². The van der Waals surface area contributed by atoms with Crippen molar-refractivity contribution in [3.63, 3.8) is 0 Å². The predicted molar refractivity (Wildman–Crippen MR) is 98.1 cm³/mol. The highest BCUT2D eigenvalue weighted by Crippen LogP contribution is 2.45. The van der Waals surface area contributed by atoms with Gasteiger partial charge in [-0.3, -0.25) is 0 Å². The second-order valence-corrected chi connectivity index (χ2v) is 8.64. The molecule has 1 fully saturated rings. The molecule has 4 atom stereocenters. The van der Waals surface area contributed by atoms with E-state index in [2.05, 4.69) is 35.9 Å². The molecule has 3 rings (SSSR count). The summed E-state index contributed by atoms with van der Waals surface area (Å²) in [4.78, 5) is 0.356. The molecule has 2 aliphatic carbocycles. The summed E-state index contributed by atoms with van der Waals surface area (Å²) in [6.07, 6.45) is 14.6. The minimum atomic E-state index is -3.45. The third-order valence-electron chi connectivity index (χ3n) is 5.27. The standard InChI is InChI=1S/C20H27NO2S/c1-2-3-4-5-9-12-19-16-13-14-17(15-16)20(19)21-24(22,23)18-10-7-6-8-11-18/h5-11,13-14,16-17,19-21H,2-4,12,15H2,1H3. The van der Waals surface area contributed by atoms with Crippen molar-refractivity contribution in [3.05, 3.63) is 54.6 Å². The van der Waals surface area contributed by atoms with Crippen LogP contribution in [0, 0.1) is 17.8 Å². The van der Waals surface area contributed by atoms with Gasteiger partial charge in [-0.25, -0.2) is 13.1 Å². The Bertz CT molecular complexity index is 694. The third-order valence-corrected chi connectivity index (χ3v) is 6.74. The van der Waals surface area contributed by atoms with Crippen molar-refractivity contribution in [1.29, 1.82) is 0 Å². The van der Waals surface area contributed by atoms with Crippen LogP contribution >= 0.6 is 0 Å². The summed E-state index contributed by atoms with van der Waals surface area (Å²) in [5.74, 6) is 1.22. The molecule has 130 valence electrons. The molecule has 2 bridgehead atoms. The molecule has 0 amide bonds. The van der Waals surface area contributed by atoms with Gasteiger partial charge < -0.3 is 0 Å².